The van der Waals surface area contributed by atoms with E-state index in [9.17, 15) is 13.2 Å². The number of carbonyl (C=O) groups is 1. The van der Waals surface area contributed by atoms with Gasteiger partial charge in [-0.05, 0) is 53.9 Å². The third-order valence-corrected chi connectivity index (χ3v) is 7.85. The van der Waals surface area contributed by atoms with E-state index >= 15 is 0 Å². The van der Waals surface area contributed by atoms with Gasteiger partial charge in [0.1, 0.15) is 5.75 Å². The van der Waals surface area contributed by atoms with Gasteiger partial charge in [-0.1, -0.05) is 36.4 Å². The second-order valence-electron chi connectivity index (χ2n) is 7.24. The standard InChI is InChI=1S/C23H23NO4S/c1-28-18-9-11-19(12-10-18)29(26,27)20-13-15-24(16-14-20)23(25)22-8-4-6-17-5-2-3-7-21(17)22/h2-12,20H,13-16H2,1H3. The van der Waals surface area contributed by atoms with E-state index < -0.39 is 15.1 Å². The SMILES string of the molecule is COc1ccc(S(=O)(=O)C2CCN(C(=O)c3cccc4ccccc34)CC2)cc1. The molecule has 150 valence electrons. The summed E-state index contributed by atoms with van der Waals surface area (Å²) in [5, 5.41) is 1.47. The molecule has 1 saturated heterocycles. The fourth-order valence-electron chi connectivity index (χ4n) is 3.91. The fraction of sp³-hybridized carbons (Fsp3) is 0.261. The predicted octanol–water partition coefficient (Wildman–Crippen LogP) is 3.93. The first kappa shape index (κ1) is 19.5. The van der Waals surface area contributed by atoms with Gasteiger partial charge in [-0.25, -0.2) is 8.42 Å². The molecule has 0 aromatic heterocycles. The largest absolute Gasteiger partial charge is 0.497 e. The molecule has 29 heavy (non-hydrogen) atoms. The molecule has 3 aromatic rings. The van der Waals surface area contributed by atoms with Crippen LogP contribution in [0.5, 0.6) is 5.75 Å². The van der Waals surface area contributed by atoms with Gasteiger partial charge in [-0.15, -0.1) is 0 Å². The van der Waals surface area contributed by atoms with Crippen molar-refractivity contribution in [1.29, 1.82) is 0 Å². The van der Waals surface area contributed by atoms with Crippen LogP contribution in [0, 0.1) is 0 Å². The van der Waals surface area contributed by atoms with Gasteiger partial charge in [0.25, 0.3) is 5.91 Å². The molecule has 1 aliphatic heterocycles. The number of piperidine rings is 1. The zero-order valence-corrected chi connectivity index (χ0v) is 17.1. The van der Waals surface area contributed by atoms with Crippen LogP contribution < -0.4 is 4.74 Å². The Labute approximate surface area is 170 Å². The normalized spacial score (nSPS) is 15.4. The number of rotatable bonds is 4. The van der Waals surface area contributed by atoms with E-state index in [2.05, 4.69) is 0 Å². The van der Waals surface area contributed by atoms with Crippen molar-refractivity contribution < 1.29 is 17.9 Å². The molecule has 0 aliphatic carbocycles. The summed E-state index contributed by atoms with van der Waals surface area (Å²) in [6.45, 7) is 0.865. The van der Waals surface area contributed by atoms with E-state index in [1.165, 1.54) is 0 Å². The van der Waals surface area contributed by atoms with Gasteiger partial charge in [-0.3, -0.25) is 4.79 Å². The number of sulfone groups is 1. The Balaban J connectivity index is 1.49. The lowest BCUT2D eigenvalue weighted by Crippen LogP contribution is -2.42. The lowest BCUT2D eigenvalue weighted by Gasteiger charge is -2.32. The Hall–Kier alpha value is -2.86. The number of carbonyl (C=O) groups excluding carboxylic acids is 1. The average Bonchev–Trinajstić information content (AvgIpc) is 2.78. The first-order valence-corrected chi connectivity index (χ1v) is 11.2. The quantitative estimate of drug-likeness (QED) is 0.655. The van der Waals surface area contributed by atoms with Gasteiger partial charge in [0, 0.05) is 18.7 Å². The molecule has 0 unspecified atom stereocenters. The van der Waals surface area contributed by atoms with Crippen LogP contribution in [0.1, 0.15) is 23.2 Å². The van der Waals surface area contributed by atoms with E-state index in [0.717, 1.165) is 10.8 Å². The molecule has 1 aliphatic rings. The first-order valence-electron chi connectivity index (χ1n) is 9.65. The zero-order chi connectivity index (χ0) is 20.4. The van der Waals surface area contributed by atoms with Crippen molar-refractivity contribution in [2.75, 3.05) is 20.2 Å². The highest BCUT2D eigenvalue weighted by Crippen LogP contribution is 2.28. The van der Waals surface area contributed by atoms with E-state index in [0.29, 0.717) is 42.1 Å². The van der Waals surface area contributed by atoms with E-state index in [1.54, 1.807) is 36.3 Å². The Morgan fingerprint density at radius 2 is 1.59 bits per heavy atom. The fourth-order valence-corrected chi connectivity index (χ4v) is 5.64. The Morgan fingerprint density at radius 3 is 2.28 bits per heavy atom. The number of ether oxygens (including phenoxy) is 1. The molecule has 0 spiro atoms. The Morgan fingerprint density at radius 1 is 0.931 bits per heavy atom. The van der Waals surface area contributed by atoms with Crippen molar-refractivity contribution in [3.05, 3.63) is 72.3 Å². The number of hydrogen-bond acceptors (Lipinski definition) is 4. The summed E-state index contributed by atoms with van der Waals surface area (Å²) in [5.74, 6) is 0.585. The van der Waals surface area contributed by atoms with Crippen LogP contribution in [0.4, 0.5) is 0 Å². The molecule has 1 fully saturated rings. The van der Waals surface area contributed by atoms with Crippen molar-refractivity contribution in [2.45, 2.75) is 23.0 Å². The van der Waals surface area contributed by atoms with Gasteiger partial charge >= 0.3 is 0 Å². The lowest BCUT2D eigenvalue weighted by molar-refractivity contribution is 0.0727. The summed E-state index contributed by atoms with van der Waals surface area (Å²) in [4.78, 5) is 15.1. The summed E-state index contributed by atoms with van der Waals surface area (Å²) in [6, 6.07) is 20.0. The second-order valence-corrected chi connectivity index (χ2v) is 9.47. The Kier molecular flexibility index (Phi) is 5.28. The van der Waals surface area contributed by atoms with Crippen LogP contribution in [-0.2, 0) is 9.84 Å². The van der Waals surface area contributed by atoms with Gasteiger partial charge in [0.2, 0.25) is 0 Å². The number of benzene rings is 3. The van der Waals surface area contributed by atoms with Crippen LogP contribution in [-0.4, -0.2) is 44.7 Å². The molecular weight excluding hydrogens is 386 g/mol. The number of hydrogen-bond donors (Lipinski definition) is 0. The minimum Gasteiger partial charge on any atom is -0.497 e. The molecule has 3 aromatic carbocycles. The maximum absolute atomic E-state index is 13.1. The lowest BCUT2D eigenvalue weighted by atomic mass is 10.0. The van der Waals surface area contributed by atoms with Crippen molar-refractivity contribution in [3.63, 3.8) is 0 Å². The molecule has 1 amide bonds. The molecule has 1 heterocycles. The van der Waals surface area contributed by atoms with Gasteiger partial charge in [0.05, 0.1) is 17.3 Å². The van der Waals surface area contributed by atoms with Crippen molar-refractivity contribution in [3.8, 4) is 5.75 Å². The smallest absolute Gasteiger partial charge is 0.254 e. The van der Waals surface area contributed by atoms with E-state index in [1.807, 2.05) is 42.5 Å². The highest BCUT2D eigenvalue weighted by atomic mass is 32.2. The summed E-state index contributed by atoms with van der Waals surface area (Å²) in [7, 11) is -1.88. The molecule has 5 nitrogen and oxygen atoms in total. The molecule has 0 bridgehead atoms. The third kappa shape index (κ3) is 3.72. The van der Waals surface area contributed by atoms with Crippen LogP contribution in [0.15, 0.2) is 71.6 Å². The van der Waals surface area contributed by atoms with Gasteiger partial charge in [-0.2, -0.15) is 0 Å². The molecule has 0 N–H and O–H groups in total. The predicted molar refractivity (Wildman–Crippen MR) is 113 cm³/mol. The first-order chi connectivity index (χ1) is 14.0. The van der Waals surface area contributed by atoms with Crippen LogP contribution in [0.25, 0.3) is 10.8 Å². The highest BCUT2D eigenvalue weighted by Gasteiger charge is 2.33. The van der Waals surface area contributed by atoms with Crippen LogP contribution >= 0.6 is 0 Å². The molecule has 6 heteroatoms. The monoisotopic (exact) mass is 409 g/mol. The number of fused-ring (bicyclic) bond motifs is 1. The van der Waals surface area contributed by atoms with Gasteiger partial charge in [0.15, 0.2) is 9.84 Å². The number of methoxy groups -OCH3 is 1. The van der Waals surface area contributed by atoms with Gasteiger partial charge < -0.3 is 9.64 Å². The number of likely N-dealkylation sites (tertiary alicyclic amines) is 1. The third-order valence-electron chi connectivity index (χ3n) is 5.58. The topological polar surface area (TPSA) is 63.7 Å². The number of amides is 1. The van der Waals surface area contributed by atoms with Crippen LogP contribution in [0.2, 0.25) is 0 Å². The zero-order valence-electron chi connectivity index (χ0n) is 16.2. The van der Waals surface area contributed by atoms with Crippen LogP contribution in [0.3, 0.4) is 0 Å². The average molecular weight is 410 g/mol. The summed E-state index contributed by atoms with van der Waals surface area (Å²) in [5.41, 5.74) is 0.666. The highest BCUT2D eigenvalue weighted by molar-refractivity contribution is 7.92. The van der Waals surface area contributed by atoms with Crippen molar-refractivity contribution >= 4 is 26.5 Å². The van der Waals surface area contributed by atoms with E-state index in [4.69, 9.17) is 4.74 Å². The number of nitrogens with zero attached hydrogens (tertiary/aromatic N) is 1. The minimum atomic E-state index is -3.43. The molecule has 0 radical (unpaired) electrons. The van der Waals surface area contributed by atoms with Crippen molar-refractivity contribution in [2.24, 2.45) is 0 Å². The van der Waals surface area contributed by atoms with E-state index in [-0.39, 0.29) is 5.91 Å². The minimum absolute atomic E-state index is 0.0397. The summed E-state index contributed by atoms with van der Waals surface area (Å²) >= 11 is 0. The van der Waals surface area contributed by atoms with Crippen molar-refractivity contribution in [1.82, 2.24) is 4.90 Å². The summed E-state index contributed by atoms with van der Waals surface area (Å²) < 4.78 is 31.0. The maximum Gasteiger partial charge on any atom is 0.254 e. The molecule has 4 rings (SSSR count). The second kappa shape index (κ2) is 7.87. The molecular formula is C23H23NO4S. The summed E-state index contributed by atoms with van der Waals surface area (Å²) in [6.07, 6.45) is 0.871. The maximum atomic E-state index is 13.1. The molecule has 0 saturated carbocycles. The Bertz CT molecular complexity index is 1130. The molecule has 0 atom stereocenters.